The van der Waals surface area contributed by atoms with E-state index in [9.17, 15) is 8.42 Å². The molecule has 1 saturated heterocycles. The highest BCUT2D eigenvalue weighted by molar-refractivity contribution is 9.10. The van der Waals surface area contributed by atoms with E-state index in [1.807, 2.05) is 6.07 Å². The first-order valence-corrected chi connectivity index (χ1v) is 10.3. The highest BCUT2D eigenvalue weighted by atomic mass is 79.9. The van der Waals surface area contributed by atoms with Crippen molar-refractivity contribution in [3.8, 4) is 0 Å². The number of rotatable bonds is 5. The second kappa shape index (κ2) is 7.78. The first-order chi connectivity index (χ1) is 11.5. The van der Waals surface area contributed by atoms with Crippen molar-refractivity contribution in [2.75, 3.05) is 13.1 Å². The predicted octanol–water partition coefficient (Wildman–Crippen LogP) is 3.39. The summed E-state index contributed by atoms with van der Waals surface area (Å²) in [4.78, 5) is 2.69. The first kappa shape index (κ1) is 17.6. The van der Waals surface area contributed by atoms with E-state index in [1.54, 1.807) is 24.3 Å². The number of piperidine rings is 1. The average molecular weight is 409 g/mol. The number of sulfonamides is 1. The topological polar surface area (TPSA) is 49.4 Å². The van der Waals surface area contributed by atoms with Crippen molar-refractivity contribution in [2.45, 2.75) is 30.3 Å². The van der Waals surface area contributed by atoms with Crippen LogP contribution in [0.3, 0.4) is 0 Å². The highest BCUT2D eigenvalue weighted by Gasteiger charge is 2.24. The fraction of sp³-hybridized carbons (Fsp3) is 0.333. The number of benzene rings is 2. The molecular formula is C18H21BrN2O2S. The lowest BCUT2D eigenvalue weighted by molar-refractivity contribution is 0.200. The molecule has 128 valence electrons. The SMILES string of the molecule is O=S(=O)(NC1CCN(Cc2ccccc2)CC1)c1ccc(Br)cc1. The van der Waals surface area contributed by atoms with Crippen LogP contribution in [0.2, 0.25) is 0 Å². The van der Waals surface area contributed by atoms with Crippen LogP contribution in [0, 0.1) is 0 Å². The zero-order chi connectivity index (χ0) is 17.0. The van der Waals surface area contributed by atoms with E-state index in [-0.39, 0.29) is 6.04 Å². The van der Waals surface area contributed by atoms with Gasteiger partial charge in [-0.15, -0.1) is 0 Å². The van der Waals surface area contributed by atoms with E-state index >= 15 is 0 Å². The molecule has 2 aromatic carbocycles. The van der Waals surface area contributed by atoms with Gasteiger partial charge < -0.3 is 0 Å². The van der Waals surface area contributed by atoms with Crippen molar-refractivity contribution >= 4 is 26.0 Å². The Morgan fingerprint density at radius 1 is 1.00 bits per heavy atom. The first-order valence-electron chi connectivity index (χ1n) is 8.07. The average Bonchev–Trinajstić information content (AvgIpc) is 2.58. The molecule has 0 aromatic heterocycles. The molecule has 0 radical (unpaired) electrons. The van der Waals surface area contributed by atoms with Gasteiger partial charge >= 0.3 is 0 Å². The van der Waals surface area contributed by atoms with Crippen molar-refractivity contribution in [3.05, 3.63) is 64.6 Å². The monoisotopic (exact) mass is 408 g/mol. The van der Waals surface area contributed by atoms with Gasteiger partial charge in [-0.05, 0) is 42.7 Å². The second-order valence-corrected chi connectivity index (χ2v) is 8.74. The minimum Gasteiger partial charge on any atom is -0.299 e. The molecule has 0 aliphatic carbocycles. The van der Waals surface area contributed by atoms with Crippen LogP contribution >= 0.6 is 15.9 Å². The molecule has 4 nitrogen and oxygen atoms in total. The molecule has 0 spiro atoms. The van der Waals surface area contributed by atoms with Crippen LogP contribution in [0.5, 0.6) is 0 Å². The zero-order valence-electron chi connectivity index (χ0n) is 13.4. The molecule has 1 fully saturated rings. The smallest absolute Gasteiger partial charge is 0.240 e. The fourth-order valence-corrected chi connectivity index (χ4v) is 4.52. The molecule has 1 aliphatic heterocycles. The van der Waals surface area contributed by atoms with Crippen LogP contribution in [0.1, 0.15) is 18.4 Å². The van der Waals surface area contributed by atoms with Gasteiger partial charge in [0.15, 0.2) is 0 Å². The molecule has 3 rings (SSSR count). The number of hydrogen-bond acceptors (Lipinski definition) is 3. The van der Waals surface area contributed by atoms with Gasteiger partial charge in [-0.2, -0.15) is 0 Å². The molecule has 1 N–H and O–H groups in total. The Hall–Kier alpha value is -1.21. The second-order valence-electron chi connectivity index (χ2n) is 6.11. The Kier molecular flexibility index (Phi) is 5.71. The lowest BCUT2D eigenvalue weighted by Gasteiger charge is -2.32. The number of halogens is 1. The van der Waals surface area contributed by atoms with Gasteiger partial charge in [0.05, 0.1) is 4.90 Å². The minimum absolute atomic E-state index is 0.00525. The Morgan fingerprint density at radius 3 is 2.25 bits per heavy atom. The summed E-state index contributed by atoms with van der Waals surface area (Å²) in [6.45, 7) is 2.73. The summed E-state index contributed by atoms with van der Waals surface area (Å²) >= 11 is 3.32. The van der Waals surface area contributed by atoms with Crippen molar-refractivity contribution in [1.29, 1.82) is 0 Å². The van der Waals surface area contributed by atoms with E-state index < -0.39 is 10.0 Å². The minimum atomic E-state index is -3.44. The third kappa shape index (κ3) is 4.66. The lowest BCUT2D eigenvalue weighted by Crippen LogP contribution is -2.44. The number of likely N-dealkylation sites (tertiary alicyclic amines) is 1. The molecular weight excluding hydrogens is 388 g/mol. The molecule has 0 saturated carbocycles. The summed E-state index contributed by atoms with van der Waals surface area (Å²) in [5, 5.41) is 0. The summed E-state index contributed by atoms with van der Waals surface area (Å²) in [5.74, 6) is 0. The van der Waals surface area contributed by atoms with Gasteiger partial charge in [-0.3, -0.25) is 4.90 Å². The van der Waals surface area contributed by atoms with Gasteiger partial charge in [-0.1, -0.05) is 46.3 Å². The standard InChI is InChI=1S/C18H21BrN2O2S/c19-16-6-8-18(9-7-16)24(22,23)20-17-10-12-21(13-11-17)14-15-4-2-1-3-5-15/h1-9,17,20H,10-14H2. The van der Waals surface area contributed by atoms with Crippen LogP contribution in [-0.4, -0.2) is 32.4 Å². The number of nitrogens with zero attached hydrogens (tertiary/aromatic N) is 1. The third-order valence-corrected chi connectivity index (χ3v) is 6.35. The maximum Gasteiger partial charge on any atom is 0.240 e. The molecule has 1 heterocycles. The van der Waals surface area contributed by atoms with Gasteiger partial charge in [0.1, 0.15) is 0 Å². The summed E-state index contributed by atoms with van der Waals surface area (Å²) in [6.07, 6.45) is 1.67. The van der Waals surface area contributed by atoms with Gasteiger partial charge in [0.2, 0.25) is 10.0 Å². The largest absolute Gasteiger partial charge is 0.299 e. The summed E-state index contributed by atoms with van der Waals surface area (Å²) in [5.41, 5.74) is 1.30. The van der Waals surface area contributed by atoms with E-state index in [4.69, 9.17) is 0 Å². The maximum atomic E-state index is 12.4. The van der Waals surface area contributed by atoms with Crippen LogP contribution in [-0.2, 0) is 16.6 Å². The molecule has 0 unspecified atom stereocenters. The van der Waals surface area contributed by atoms with E-state index in [2.05, 4.69) is 49.8 Å². The Bertz CT molecular complexity index is 755. The van der Waals surface area contributed by atoms with Gasteiger partial charge in [-0.25, -0.2) is 13.1 Å². The Labute approximate surface area is 152 Å². The predicted molar refractivity (Wildman–Crippen MR) is 99.2 cm³/mol. The fourth-order valence-electron chi connectivity index (χ4n) is 2.95. The van der Waals surface area contributed by atoms with Crippen LogP contribution in [0.15, 0.2) is 64.0 Å². The van der Waals surface area contributed by atoms with Crippen molar-refractivity contribution < 1.29 is 8.42 Å². The highest BCUT2D eigenvalue weighted by Crippen LogP contribution is 2.18. The van der Waals surface area contributed by atoms with E-state index in [0.717, 1.165) is 36.9 Å². The van der Waals surface area contributed by atoms with Crippen LogP contribution in [0.25, 0.3) is 0 Å². The lowest BCUT2D eigenvalue weighted by atomic mass is 10.1. The zero-order valence-corrected chi connectivity index (χ0v) is 15.8. The summed E-state index contributed by atoms with van der Waals surface area (Å²) < 4.78 is 28.6. The molecule has 0 bridgehead atoms. The molecule has 1 aliphatic rings. The molecule has 2 aromatic rings. The van der Waals surface area contributed by atoms with E-state index in [0.29, 0.717) is 4.90 Å². The van der Waals surface area contributed by atoms with E-state index in [1.165, 1.54) is 5.56 Å². The van der Waals surface area contributed by atoms with Crippen molar-refractivity contribution in [3.63, 3.8) is 0 Å². The van der Waals surface area contributed by atoms with Crippen molar-refractivity contribution in [1.82, 2.24) is 9.62 Å². The van der Waals surface area contributed by atoms with Crippen LogP contribution < -0.4 is 4.72 Å². The summed E-state index contributed by atoms with van der Waals surface area (Å²) in [7, 11) is -3.44. The summed E-state index contributed by atoms with van der Waals surface area (Å²) in [6, 6.07) is 17.1. The Balaban J connectivity index is 1.54. The van der Waals surface area contributed by atoms with Gasteiger partial charge in [0, 0.05) is 30.1 Å². The molecule has 24 heavy (non-hydrogen) atoms. The Morgan fingerprint density at radius 2 is 1.62 bits per heavy atom. The molecule has 0 atom stereocenters. The third-order valence-electron chi connectivity index (χ3n) is 4.28. The van der Waals surface area contributed by atoms with Gasteiger partial charge in [0.25, 0.3) is 0 Å². The number of nitrogens with one attached hydrogen (secondary N) is 1. The normalized spacial score (nSPS) is 17.0. The van der Waals surface area contributed by atoms with Crippen LogP contribution in [0.4, 0.5) is 0 Å². The number of hydrogen-bond donors (Lipinski definition) is 1. The van der Waals surface area contributed by atoms with Crippen molar-refractivity contribution in [2.24, 2.45) is 0 Å². The molecule has 0 amide bonds. The maximum absolute atomic E-state index is 12.4. The molecule has 6 heteroatoms. The quantitative estimate of drug-likeness (QED) is 0.824.